The minimum Gasteiger partial charge on any atom is -0.354 e. The number of aromatic nitrogens is 1. The highest BCUT2D eigenvalue weighted by atomic mass is 35.5. The molecule has 0 atom stereocenters. The van der Waals surface area contributed by atoms with Crippen molar-refractivity contribution >= 4 is 33.2 Å². The molecule has 1 N–H and O–H groups in total. The number of amides is 1. The molecule has 0 bridgehead atoms. The molecule has 0 aliphatic rings. The number of anilines is 1. The number of hydrogen-bond donors (Lipinski definition) is 1. The fraction of sp³-hybridized carbons (Fsp3) is 0.190. The van der Waals surface area contributed by atoms with E-state index in [9.17, 15) is 13.2 Å². The highest BCUT2D eigenvalue weighted by Gasteiger charge is 2.26. The van der Waals surface area contributed by atoms with E-state index in [0.29, 0.717) is 23.7 Å². The van der Waals surface area contributed by atoms with Crippen LogP contribution >= 0.6 is 11.6 Å². The van der Waals surface area contributed by atoms with Crippen LogP contribution in [0.25, 0.3) is 0 Å². The van der Waals surface area contributed by atoms with Crippen LogP contribution in [0.15, 0.2) is 84.0 Å². The fourth-order valence-electron chi connectivity index (χ4n) is 2.87. The molecule has 1 heterocycles. The Labute approximate surface area is 175 Å². The molecule has 0 saturated heterocycles. The van der Waals surface area contributed by atoms with E-state index in [-0.39, 0.29) is 18.0 Å². The summed E-state index contributed by atoms with van der Waals surface area (Å²) in [6, 6.07) is 18.6. The van der Waals surface area contributed by atoms with E-state index in [1.54, 1.807) is 42.5 Å². The van der Waals surface area contributed by atoms with Gasteiger partial charge < -0.3 is 9.88 Å². The minimum absolute atomic E-state index is 0.167. The Morgan fingerprint density at radius 3 is 2.28 bits per heavy atom. The molecule has 0 aliphatic heterocycles. The first kappa shape index (κ1) is 21.1. The summed E-state index contributed by atoms with van der Waals surface area (Å²) >= 11 is 5.86. The summed E-state index contributed by atoms with van der Waals surface area (Å²) < 4.78 is 29.4. The van der Waals surface area contributed by atoms with E-state index >= 15 is 0 Å². The molecule has 29 heavy (non-hydrogen) atoms. The molecule has 3 rings (SSSR count). The van der Waals surface area contributed by atoms with Crippen LogP contribution in [-0.2, 0) is 21.4 Å². The van der Waals surface area contributed by atoms with Crippen LogP contribution in [0, 0.1) is 0 Å². The van der Waals surface area contributed by atoms with Crippen LogP contribution in [0.4, 0.5) is 5.69 Å². The molecule has 8 heteroatoms. The maximum absolute atomic E-state index is 13.1. The Morgan fingerprint density at radius 2 is 1.62 bits per heavy atom. The monoisotopic (exact) mass is 431 g/mol. The second-order valence-electron chi connectivity index (χ2n) is 6.48. The molecule has 3 aromatic rings. The molecule has 0 aliphatic carbocycles. The topological polar surface area (TPSA) is 71.4 Å². The van der Waals surface area contributed by atoms with Crippen LogP contribution in [0.3, 0.4) is 0 Å². The summed E-state index contributed by atoms with van der Waals surface area (Å²) in [5.41, 5.74) is 0.559. The summed E-state index contributed by atoms with van der Waals surface area (Å²) in [4.78, 5) is 12.7. The van der Waals surface area contributed by atoms with E-state index in [4.69, 9.17) is 11.6 Å². The zero-order valence-electron chi connectivity index (χ0n) is 15.7. The first-order valence-electron chi connectivity index (χ1n) is 9.16. The van der Waals surface area contributed by atoms with Gasteiger partial charge in [-0.2, -0.15) is 4.31 Å². The Bertz CT molecular complexity index is 1020. The summed E-state index contributed by atoms with van der Waals surface area (Å²) in [6.45, 7) is 0.613. The van der Waals surface area contributed by atoms with Gasteiger partial charge in [0.2, 0.25) is 15.9 Å². The molecule has 0 unspecified atom stereocenters. The third kappa shape index (κ3) is 5.93. The molecule has 0 spiro atoms. The lowest BCUT2D eigenvalue weighted by Gasteiger charge is -2.22. The highest BCUT2D eigenvalue weighted by Crippen LogP contribution is 2.17. The fourth-order valence-corrected chi connectivity index (χ4v) is 4.45. The van der Waals surface area contributed by atoms with Crippen LogP contribution in [0.2, 0.25) is 5.02 Å². The standard InChI is InChI=1S/C21H22ClN3O3S/c22-18-9-11-19(12-10-18)23-21(26)17-25(16-6-15-24-13-4-5-14-24)29(27,28)20-7-2-1-3-8-20/h1-5,7-14H,6,15-17H2,(H,23,26). The number of carbonyl (C=O) groups is 1. The lowest BCUT2D eigenvalue weighted by molar-refractivity contribution is -0.116. The van der Waals surface area contributed by atoms with Crippen molar-refractivity contribution in [1.29, 1.82) is 0 Å². The zero-order chi connectivity index (χ0) is 20.7. The summed E-state index contributed by atoms with van der Waals surface area (Å²) in [5.74, 6) is -0.409. The number of benzene rings is 2. The van der Waals surface area contributed by atoms with Gasteiger partial charge in [0.1, 0.15) is 0 Å². The molecule has 0 saturated carbocycles. The first-order valence-corrected chi connectivity index (χ1v) is 11.0. The largest absolute Gasteiger partial charge is 0.354 e. The van der Waals surface area contributed by atoms with Gasteiger partial charge >= 0.3 is 0 Å². The van der Waals surface area contributed by atoms with Gasteiger partial charge in [-0.3, -0.25) is 4.79 Å². The molecule has 2 aromatic carbocycles. The van der Waals surface area contributed by atoms with Gasteiger partial charge in [-0.25, -0.2) is 8.42 Å². The van der Waals surface area contributed by atoms with E-state index in [0.717, 1.165) is 0 Å². The zero-order valence-corrected chi connectivity index (χ0v) is 17.3. The van der Waals surface area contributed by atoms with E-state index in [1.165, 1.54) is 16.4 Å². The normalized spacial score (nSPS) is 11.5. The maximum Gasteiger partial charge on any atom is 0.243 e. The first-order chi connectivity index (χ1) is 13.9. The molecule has 152 valence electrons. The maximum atomic E-state index is 13.1. The van der Waals surface area contributed by atoms with E-state index in [1.807, 2.05) is 29.1 Å². The van der Waals surface area contributed by atoms with Crippen molar-refractivity contribution in [3.05, 3.63) is 84.1 Å². The average Bonchev–Trinajstić information content (AvgIpc) is 3.23. The number of carbonyl (C=O) groups excluding carboxylic acids is 1. The van der Waals surface area contributed by atoms with Crippen molar-refractivity contribution in [3.8, 4) is 0 Å². The lowest BCUT2D eigenvalue weighted by atomic mass is 10.3. The Kier molecular flexibility index (Phi) is 7.09. The molecular formula is C21H22ClN3O3S. The van der Waals surface area contributed by atoms with Crippen LogP contribution in [0.5, 0.6) is 0 Å². The second kappa shape index (κ2) is 9.73. The number of halogens is 1. The van der Waals surface area contributed by atoms with E-state index in [2.05, 4.69) is 5.32 Å². The van der Waals surface area contributed by atoms with Gasteiger partial charge in [0.15, 0.2) is 0 Å². The number of aryl methyl sites for hydroxylation is 1. The predicted molar refractivity (Wildman–Crippen MR) is 114 cm³/mol. The Morgan fingerprint density at radius 1 is 0.966 bits per heavy atom. The van der Waals surface area contributed by atoms with Gasteiger partial charge in [-0.15, -0.1) is 0 Å². The number of nitrogens with zero attached hydrogens (tertiary/aromatic N) is 2. The van der Waals surface area contributed by atoms with Gasteiger partial charge in [0, 0.05) is 36.2 Å². The van der Waals surface area contributed by atoms with Crippen molar-refractivity contribution < 1.29 is 13.2 Å². The summed E-state index contributed by atoms with van der Waals surface area (Å²) in [6.07, 6.45) is 4.42. The van der Waals surface area contributed by atoms with Crippen molar-refractivity contribution in [2.24, 2.45) is 0 Å². The molecule has 0 fully saturated rings. The van der Waals surface area contributed by atoms with Crippen molar-refractivity contribution in [2.45, 2.75) is 17.9 Å². The molecular weight excluding hydrogens is 410 g/mol. The number of sulfonamides is 1. The highest BCUT2D eigenvalue weighted by molar-refractivity contribution is 7.89. The Balaban J connectivity index is 1.72. The van der Waals surface area contributed by atoms with Crippen LogP contribution in [-0.4, -0.2) is 36.3 Å². The predicted octanol–water partition coefficient (Wildman–Crippen LogP) is 3.86. The van der Waals surface area contributed by atoms with Gasteiger partial charge in [-0.1, -0.05) is 29.8 Å². The Hall–Kier alpha value is -2.61. The van der Waals surface area contributed by atoms with Crippen LogP contribution < -0.4 is 5.32 Å². The average molecular weight is 432 g/mol. The summed E-state index contributed by atoms with van der Waals surface area (Å²) in [7, 11) is -3.79. The SMILES string of the molecule is O=C(CN(CCCn1cccc1)S(=O)(=O)c1ccccc1)Nc1ccc(Cl)cc1. The van der Waals surface area contributed by atoms with Crippen LogP contribution in [0.1, 0.15) is 6.42 Å². The van der Waals surface area contributed by atoms with Crippen molar-refractivity contribution in [1.82, 2.24) is 8.87 Å². The molecule has 0 radical (unpaired) electrons. The molecule has 1 amide bonds. The number of rotatable bonds is 9. The summed E-state index contributed by atoms with van der Waals surface area (Å²) in [5, 5.41) is 3.28. The lowest BCUT2D eigenvalue weighted by Crippen LogP contribution is -2.39. The number of hydrogen-bond acceptors (Lipinski definition) is 3. The number of nitrogens with one attached hydrogen (secondary N) is 1. The molecule has 6 nitrogen and oxygen atoms in total. The van der Waals surface area contributed by atoms with E-state index < -0.39 is 15.9 Å². The van der Waals surface area contributed by atoms with Crippen molar-refractivity contribution in [3.63, 3.8) is 0 Å². The third-order valence-electron chi connectivity index (χ3n) is 4.32. The smallest absolute Gasteiger partial charge is 0.243 e. The minimum atomic E-state index is -3.79. The van der Waals surface area contributed by atoms with Crippen molar-refractivity contribution in [2.75, 3.05) is 18.4 Å². The molecule has 1 aromatic heterocycles. The second-order valence-corrected chi connectivity index (χ2v) is 8.86. The van der Waals surface area contributed by atoms with Gasteiger partial charge in [0.25, 0.3) is 0 Å². The third-order valence-corrected chi connectivity index (χ3v) is 6.43. The quantitative estimate of drug-likeness (QED) is 0.559. The van der Waals surface area contributed by atoms with Gasteiger partial charge in [0.05, 0.1) is 11.4 Å². The van der Waals surface area contributed by atoms with Gasteiger partial charge in [-0.05, 0) is 55.0 Å².